The van der Waals surface area contributed by atoms with E-state index >= 15 is 0 Å². The van der Waals surface area contributed by atoms with Crippen LogP contribution in [-0.4, -0.2) is 16.4 Å². The zero-order valence-corrected chi connectivity index (χ0v) is 11.5. The van der Waals surface area contributed by atoms with Crippen molar-refractivity contribution in [3.8, 4) is 0 Å². The molecule has 1 fully saturated rings. The van der Waals surface area contributed by atoms with Crippen LogP contribution >= 0.6 is 27.5 Å². The van der Waals surface area contributed by atoms with Crippen LogP contribution < -0.4 is 11.1 Å². The van der Waals surface area contributed by atoms with Crippen molar-refractivity contribution in [3.05, 3.63) is 21.9 Å². The average Bonchev–Trinajstić information content (AvgIpc) is 2.21. The predicted octanol–water partition coefficient (Wildman–Crippen LogP) is 2.71. The number of amides is 1. The molecule has 4 nitrogen and oxygen atoms in total. The van der Waals surface area contributed by atoms with Crippen LogP contribution in [0.1, 0.15) is 25.7 Å². The Kier molecular flexibility index (Phi) is 3.70. The molecule has 2 rings (SSSR count). The molecule has 1 aliphatic rings. The second-order valence-electron chi connectivity index (χ2n) is 4.43. The molecule has 6 heteroatoms. The van der Waals surface area contributed by atoms with Gasteiger partial charge in [0.25, 0.3) is 0 Å². The van der Waals surface area contributed by atoms with Crippen LogP contribution in [0.15, 0.2) is 16.7 Å². The van der Waals surface area contributed by atoms with Crippen LogP contribution in [0.4, 0.5) is 5.69 Å². The highest BCUT2D eigenvalue weighted by Crippen LogP contribution is 2.32. The summed E-state index contributed by atoms with van der Waals surface area (Å²) in [5.74, 6) is -0.117. The van der Waals surface area contributed by atoms with Crippen LogP contribution in [0.5, 0.6) is 0 Å². The van der Waals surface area contributed by atoms with Gasteiger partial charge in [-0.15, -0.1) is 0 Å². The van der Waals surface area contributed by atoms with E-state index in [2.05, 4.69) is 26.2 Å². The SMILES string of the molecule is NC1(CC(=O)Nc2cc(Br)cnc2Cl)CCC1. The zero-order chi connectivity index (χ0) is 12.5. The van der Waals surface area contributed by atoms with Crippen LogP contribution in [0.25, 0.3) is 0 Å². The van der Waals surface area contributed by atoms with E-state index in [1.54, 1.807) is 12.3 Å². The van der Waals surface area contributed by atoms with Gasteiger partial charge >= 0.3 is 0 Å². The van der Waals surface area contributed by atoms with Crippen molar-refractivity contribution in [2.24, 2.45) is 5.73 Å². The first-order chi connectivity index (χ1) is 7.98. The van der Waals surface area contributed by atoms with Gasteiger partial charge in [-0.1, -0.05) is 11.6 Å². The zero-order valence-electron chi connectivity index (χ0n) is 9.17. The Bertz CT molecular complexity index is 448. The number of pyridine rings is 1. The third kappa shape index (κ3) is 3.18. The number of aromatic nitrogens is 1. The number of carbonyl (C=O) groups excluding carboxylic acids is 1. The van der Waals surface area contributed by atoms with Crippen LogP contribution in [-0.2, 0) is 4.79 Å². The summed E-state index contributed by atoms with van der Waals surface area (Å²) in [6.45, 7) is 0. The van der Waals surface area contributed by atoms with Crippen molar-refractivity contribution in [3.63, 3.8) is 0 Å². The van der Waals surface area contributed by atoms with E-state index in [4.69, 9.17) is 17.3 Å². The highest BCUT2D eigenvalue weighted by Gasteiger charge is 2.34. The van der Waals surface area contributed by atoms with Crippen molar-refractivity contribution < 1.29 is 4.79 Å². The van der Waals surface area contributed by atoms with Gasteiger partial charge in [0, 0.05) is 22.6 Å². The Labute approximate surface area is 113 Å². The number of nitrogens with zero attached hydrogens (tertiary/aromatic N) is 1. The number of hydrogen-bond donors (Lipinski definition) is 2. The number of anilines is 1. The standard InChI is InChI=1S/C11H13BrClN3O/c12-7-4-8(10(13)15-6-7)16-9(17)5-11(14)2-1-3-11/h4,6H,1-3,5,14H2,(H,16,17). The maximum absolute atomic E-state index is 11.8. The molecular formula is C11H13BrClN3O. The number of halogens is 2. The van der Waals surface area contributed by atoms with E-state index in [0.29, 0.717) is 12.1 Å². The van der Waals surface area contributed by atoms with Gasteiger partial charge in [-0.25, -0.2) is 4.98 Å². The van der Waals surface area contributed by atoms with Crippen molar-refractivity contribution in [2.75, 3.05) is 5.32 Å². The number of nitrogens with one attached hydrogen (secondary N) is 1. The van der Waals surface area contributed by atoms with Gasteiger partial charge in [0.2, 0.25) is 5.91 Å². The highest BCUT2D eigenvalue weighted by atomic mass is 79.9. The molecule has 3 N–H and O–H groups in total. The minimum atomic E-state index is -0.323. The first-order valence-electron chi connectivity index (χ1n) is 5.38. The van der Waals surface area contributed by atoms with Gasteiger partial charge in [-0.3, -0.25) is 4.79 Å². The summed E-state index contributed by atoms with van der Waals surface area (Å²) in [4.78, 5) is 15.7. The van der Waals surface area contributed by atoms with Crippen molar-refractivity contribution in [1.82, 2.24) is 4.98 Å². The highest BCUT2D eigenvalue weighted by molar-refractivity contribution is 9.10. The molecule has 0 atom stereocenters. The summed E-state index contributed by atoms with van der Waals surface area (Å²) in [6.07, 6.45) is 4.82. The molecule has 92 valence electrons. The van der Waals surface area contributed by atoms with Crippen molar-refractivity contribution >= 4 is 39.1 Å². The predicted molar refractivity (Wildman–Crippen MR) is 71.0 cm³/mol. The fraction of sp³-hybridized carbons (Fsp3) is 0.455. The van der Waals surface area contributed by atoms with Crippen molar-refractivity contribution in [1.29, 1.82) is 0 Å². The summed E-state index contributed by atoms with van der Waals surface area (Å²) >= 11 is 9.16. The molecule has 1 aromatic heterocycles. The first-order valence-corrected chi connectivity index (χ1v) is 6.55. The monoisotopic (exact) mass is 317 g/mol. The second-order valence-corrected chi connectivity index (χ2v) is 5.71. The molecule has 0 unspecified atom stereocenters. The fourth-order valence-electron chi connectivity index (χ4n) is 1.83. The van der Waals surface area contributed by atoms with Crippen LogP contribution in [0, 0.1) is 0 Å². The normalized spacial score (nSPS) is 17.4. The molecule has 17 heavy (non-hydrogen) atoms. The molecule has 0 radical (unpaired) electrons. The molecule has 1 heterocycles. The maximum atomic E-state index is 11.8. The summed E-state index contributed by atoms with van der Waals surface area (Å²) in [6, 6.07) is 1.72. The third-order valence-electron chi connectivity index (χ3n) is 2.94. The lowest BCUT2D eigenvalue weighted by Gasteiger charge is -2.37. The van der Waals surface area contributed by atoms with Gasteiger partial charge in [0.15, 0.2) is 5.15 Å². The molecule has 1 saturated carbocycles. The first kappa shape index (κ1) is 12.8. The Morgan fingerprint density at radius 2 is 2.35 bits per heavy atom. The number of nitrogens with two attached hydrogens (primary N) is 1. The topological polar surface area (TPSA) is 68.0 Å². The van der Waals surface area contributed by atoms with E-state index in [1.807, 2.05) is 0 Å². The molecule has 1 aromatic rings. The molecule has 0 spiro atoms. The minimum Gasteiger partial charge on any atom is -0.325 e. The van der Waals surface area contributed by atoms with E-state index in [9.17, 15) is 4.79 Å². The minimum absolute atomic E-state index is 0.117. The Balaban J connectivity index is 2.00. The number of rotatable bonds is 3. The number of carbonyl (C=O) groups is 1. The maximum Gasteiger partial charge on any atom is 0.226 e. The number of hydrogen-bond acceptors (Lipinski definition) is 3. The average molecular weight is 319 g/mol. The van der Waals surface area contributed by atoms with Gasteiger partial charge in [0.05, 0.1) is 5.69 Å². The second kappa shape index (κ2) is 4.92. The molecule has 1 amide bonds. The fourth-order valence-corrected chi connectivity index (χ4v) is 2.31. The van der Waals surface area contributed by atoms with Gasteiger partial charge in [0.1, 0.15) is 0 Å². The lowest BCUT2D eigenvalue weighted by molar-refractivity contribution is -0.118. The summed E-state index contributed by atoms with van der Waals surface area (Å²) < 4.78 is 0.767. The lowest BCUT2D eigenvalue weighted by Crippen LogP contribution is -2.48. The summed E-state index contributed by atoms with van der Waals surface area (Å²) in [5.41, 5.74) is 6.19. The summed E-state index contributed by atoms with van der Waals surface area (Å²) in [5, 5.41) is 3.01. The molecule has 0 bridgehead atoms. The Hall–Kier alpha value is -0.650. The third-order valence-corrected chi connectivity index (χ3v) is 3.68. The summed E-state index contributed by atoms with van der Waals surface area (Å²) in [7, 11) is 0. The molecule has 0 aromatic carbocycles. The van der Waals surface area contributed by atoms with E-state index in [0.717, 1.165) is 23.7 Å². The van der Waals surface area contributed by atoms with Gasteiger partial charge < -0.3 is 11.1 Å². The van der Waals surface area contributed by atoms with Crippen LogP contribution in [0.2, 0.25) is 5.15 Å². The lowest BCUT2D eigenvalue weighted by atomic mass is 9.75. The molecular weight excluding hydrogens is 305 g/mol. The molecule has 0 saturated heterocycles. The van der Waals surface area contributed by atoms with E-state index in [-0.39, 0.29) is 16.6 Å². The van der Waals surface area contributed by atoms with Crippen LogP contribution in [0.3, 0.4) is 0 Å². The smallest absolute Gasteiger partial charge is 0.226 e. The van der Waals surface area contributed by atoms with Gasteiger partial charge in [-0.05, 0) is 41.3 Å². The van der Waals surface area contributed by atoms with Gasteiger partial charge in [-0.2, -0.15) is 0 Å². The Morgan fingerprint density at radius 3 is 2.94 bits per heavy atom. The largest absolute Gasteiger partial charge is 0.325 e. The molecule has 0 aliphatic heterocycles. The quantitative estimate of drug-likeness (QED) is 0.842. The Morgan fingerprint density at radius 1 is 1.65 bits per heavy atom. The van der Waals surface area contributed by atoms with Crippen molar-refractivity contribution in [2.45, 2.75) is 31.2 Å². The van der Waals surface area contributed by atoms with E-state index < -0.39 is 0 Å². The van der Waals surface area contributed by atoms with E-state index in [1.165, 1.54) is 0 Å². The molecule has 1 aliphatic carbocycles.